The van der Waals surface area contributed by atoms with E-state index in [4.69, 9.17) is 0 Å². The summed E-state index contributed by atoms with van der Waals surface area (Å²) in [5.74, 6) is 0. The molecule has 0 aromatic rings. The summed E-state index contributed by atoms with van der Waals surface area (Å²) in [6.45, 7) is 0. The molecular weight excluding hydrogens is 135 g/mol. The second-order valence-electron chi connectivity index (χ2n) is 1.93. The van der Waals surface area contributed by atoms with Crippen molar-refractivity contribution in [3.05, 3.63) is 0 Å². The fourth-order valence-electron chi connectivity index (χ4n) is 0.898. The largest absolute Gasteiger partial charge is 0.412 e. The molecule has 9 heavy (non-hydrogen) atoms. The molecule has 0 unspecified atom stereocenters. The summed E-state index contributed by atoms with van der Waals surface area (Å²) >= 11 is 0.905. The van der Waals surface area contributed by atoms with E-state index in [0.717, 1.165) is 15.2 Å². The second-order valence-corrected chi connectivity index (χ2v) is 3.66. The van der Waals surface area contributed by atoms with E-state index in [1.165, 1.54) is 19.3 Å². The Morgan fingerprint density at radius 2 is 1.11 bits per heavy atom. The lowest BCUT2D eigenvalue weighted by Gasteiger charge is -2.04. The number of hydrogen-bond acceptors (Lipinski definition) is 0. The van der Waals surface area contributed by atoms with Gasteiger partial charge in [-0.2, -0.15) is 0 Å². The zero-order valence-electron chi connectivity index (χ0n) is 5.61. The molecule has 1 rings (SSSR count). The molecule has 0 aromatic carbocycles. The van der Waals surface area contributed by atoms with Crippen LogP contribution < -0.4 is 0 Å². The smallest absolute Gasteiger partial charge is 0.199 e. The molecule has 3 nitrogen and oxygen atoms in total. The predicted octanol–water partition coefficient (Wildman–Crippen LogP) is -0.763. The Morgan fingerprint density at radius 3 is 1.22 bits per heavy atom. The maximum Gasteiger partial charge on any atom is 0.199 e. The zero-order chi connectivity index (χ0) is 4.24. The predicted molar refractivity (Wildman–Crippen MR) is 40.1 cm³/mol. The fourth-order valence-corrected chi connectivity index (χ4v) is 2.34. The maximum atomic E-state index is 1.58. The van der Waals surface area contributed by atoms with Crippen molar-refractivity contribution in [2.24, 2.45) is 0 Å². The van der Waals surface area contributed by atoms with Gasteiger partial charge in [0, 0.05) is 0 Å². The van der Waals surface area contributed by atoms with Gasteiger partial charge < -0.3 is 16.4 Å². The van der Waals surface area contributed by atoms with Crippen molar-refractivity contribution in [3.63, 3.8) is 0 Å². The first-order valence-corrected chi connectivity index (χ1v) is 4.45. The first kappa shape index (κ1) is 16.2. The molecule has 1 saturated heterocycles. The summed E-state index contributed by atoms with van der Waals surface area (Å²) in [6, 6.07) is 0. The van der Waals surface area contributed by atoms with Crippen LogP contribution in [0.4, 0.5) is 0 Å². The highest BCUT2D eigenvalue weighted by Crippen LogP contribution is 2.10. The average molecular weight is 151 g/mol. The summed E-state index contributed by atoms with van der Waals surface area (Å²) in [7, 11) is 0. The van der Waals surface area contributed by atoms with Crippen molar-refractivity contribution >= 4 is 15.2 Å². The summed E-state index contributed by atoms with van der Waals surface area (Å²) < 4.78 is 0. The molecule has 1 aliphatic heterocycles. The van der Waals surface area contributed by atoms with E-state index in [0.29, 0.717) is 0 Å². The molecular formula is C5H16AlO3. The molecule has 0 bridgehead atoms. The Kier molecular flexibility index (Phi) is 20.2. The highest BCUT2D eigenvalue weighted by atomic mass is 27.1. The van der Waals surface area contributed by atoms with Gasteiger partial charge in [0.25, 0.3) is 0 Å². The third-order valence-corrected chi connectivity index (χ3v) is 2.95. The van der Waals surface area contributed by atoms with Crippen LogP contribution in [0.25, 0.3) is 0 Å². The molecule has 57 valence electrons. The van der Waals surface area contributed by atoms with E-state index in [1.807, 2.05) is 0 Å². The van der Waals surface area contributed by atoms with Crippen LogP contribution in [0, 0.1) is 0 Å². The van der Waals surface area contributed by atoms with Crippen molar-refractivity contribution < 1.29 is 16.4 Å². The first-order chi connectivity index (χ1) is 3.00. The van der Waals surface area contributed by atoms with Gasteiger partial charge in [-0.1, -0.05) is 19.3 Å². The third-order valence-electron chi connectivity index (χ3n) is 1.32. The quantitative estimate of drug-likeness (QED) is 0.407. The highest BCUT2D eigenvalue weighted by molar-refractivity contribution is 6.35. The molecule has 0 spiro atoms. The van der Waals surface area contributed by atoms with E-state index >= 15 is 0 Å². The summed E-state index contributed by atoms with van der Waals surface area (Å²) in [5.41, 5.74) is 0. The molecule has 1 fully saturated rings. The van der Waals surface area contributed by atoms with Crippen LogP contribution in [0.5, 0.6) is 0 Å². The molecule has 1 radical (unpaired) electrons. The van der Waals surface area contributed by atoms with Gasteiger partial charge in [0.1, 0.15) is 0 Å². The van der Waals surface area contributed by atoms with Crippen LogP contribution in [0.1, 0.15) is 19.3 Å². The van der Waals surface area contributed by atoms with Gasteiger partial charge in [0.2, 0.25) is 0 Å². The molecule has 6 N–H and O–H groups in total. The minimum Gasteiger partial charge on any atom is -0.412 e. The SMILES string of the molecule is C1C[CH2][Al][CH2]C1.O.O.O. The van der Waals surface area contributed by atoms with Crippen LogP contribution in [-0.2, 0) is 0 Å². The highest BCUT2D eigenvalue weighted by Gasteiger charge is 1.98. The van der Waals surface area contributed by atoms with Crippen LogP contribution in [0.15, 0.2) is 0 Å². The summed E-state index contributed by atoms with van der Waals surface area (Å²) in [5, 5.41) is 3.17. The average Bonchev–Trinajstić information content (AvgIpc) is 1.72. The Morgan fingerprint density at radius 1 is 0.667 bits per heavy atom. The zero-order valence-corrected chi connectivity index (χ0v) is 6.77. The van der Waals surface area contributed by atoms with Crippen molar-refractivity contribution in [3.8, 4) is 0 Å². The van der Waals surface area contributed by atoms with E-state index < -0.39 is 0 Å². The molecule has 0 aromatic heterocycles. The van der Waals surface area contributed by atoms with Crippen LogP contribution >= 0.6 is 0 Å². The minimum atomic E-state index is 0. The van der Waals surface area contributed by atoms with Gasteiger partial charge >= 0.3 is 0 Å². The van der Waals surface area contributed by atoms with E-state index in [9.17, 15) is 0 Å². The minimum absolute atomic E-state index is 0. The first-order valence-electron chi connectivity index (χ1n) is 2.82. The van der Waals surface area contributed by atoms with E-state index in [1.54, 1.807) is 10.6 Å². The lowest BCUT2D eigenvalue weighted by Crippen LogP contribution is -1.94. The topological polar surface area (TPSA) is 94.5 Å². The Bertz CT molecular complexity index is 27.7. The third kappa shape index (κ3) is 8.41. The van der Waals surface area contributed by atoms with Crippen LogP contribution in [0.2, 0.25) is 10.6 Å². The molecule has 0 atom stereocenters. The van der Waals surface area contributed by atoms with Gasteiger partial charge in [-0.05, 0) is 0 Å². The van der Waals surface area contributed by atoms with Gasteiger partial charge in [0.05, 0.1) is 0 Å². The van der Waals surface area contributed by atoms with E-state index in [2.05, 4.69) is 0 Å². The molecule has 1 heterocycles. The molecule has 0 saturated carbocycles. The fraction of sp³-hybridized carbons (Fsp3) is 1.00. The molecule has 0 amide bonds. The Balaban J connectivity index is -0.000000120. The Hall–Kier alpha value is 0.412. The van der Waals surface area contributed by atoms with Crippen molar-refractivity contribution in [2.45, 2.75) is 29.8 Å². The van der Waals surface area contributed by atoms with Gasteiger partial charge in [0.15, 0.2) is 15.2 Å². The number of hydrogen-bond donors (Lipinski definition) is 0. The van der Waals surface area contributed by atoms with Crippen molar-refractivity contribution in [1.29, 1.82) is 0 Å². The van der Waals surface area contributed by atoms with Gasteiger partial charge in [-0.3, -0.25) is 0 Å². The number of rotatable bonds is 0. The molecule has 4 heteroatoms. The summed E-state index contributed by atoms with van der Waals surface area (Å²) in [6.07, 6.45) is 4.59. The van der Waals surface area contributed by atoms with Gasteiger partial charge in [-0.25, -0.2) is 0 Å². The lowest BCUT2D eigenvalue weighted by molar-refractivity contribution is 0.734. The van der Waals surface area contributed by atoms with Crippen molar-refractivity contribution in [1.82, 2.24) is 0 Å². The summed E-state index contributed by atoms with van der Waals surface area (Å²) in [4.78, 5) is 0. The molecule has 0 aliphatic carbocycles. The molecule has 1 aliphatic rings. The van der Waals surface area contributed by atoms with Crippen LogP contribution in [0.3, 0.4) is 0 Å². The van der Waals surface area contributed by atoms with Crippen LogP contribution in [-0.4, -0.2) is 31.6 Å². The maximum absolute atomic E-state index is 1.58. The van der Waals surface area contributed by atoms with E-state index in [-0.39, 0.29) is 16.4 Å². The van der Waals surface area contributed by atoms with Gasteiger partial charge in [-0.15, -0.1) is 10.6 Å². The normalized spacial score (nSPS) is 15.1. The standard InChI is InChI=1S/C5H10.Al.3H2O/c1-3-5-4-2;;;;/h1-5H2;;3*1H2. The second kappa shape index (κ2) is 11.2. The van der Waals surface area contributed by atoms with Crippen molar-refractivity contribution in [2.75, 3.05) is 0 Å². The monoisotopic (exact) mass is 151 g/mol. The lowest BCUT2D eigenvalue weighted by atomic mass is 10.3. The Labute approximate surface area is 62.1 Å².